The summed E-state index contributed by atoms with van der Waals surface area (Å²) in [6.07, 6.45) is 1.82. The van der Waals surface area contributed by atoms with Gasteiger partial charge in [-0.25, -0.2) is 0 Å². The van der Waals surface area contributed by atoms with Gasteiger partial charge in [-0.15, -0.1) is 0 Å². The molecule has 2 aromatic rings. The zero-order chi connectivity index (χ0) is 22.8. The van der Waals surface area contributed by atoms with E-state index in [1.165, 1.54) is 6.07 Å². The molecule has 0 atom stereocenters. The molecule has 1 heterocycles. The second kappa shape index (κ2) is 9.51. The number of rotatable bonds is 5. The smallest absolute Gasteiger partial charge is 0.282 e. The Balaban J connectivity index is 1.78. The van der Waals surface area contributed by atoms with E-state index in [0.29, 0.717) is 33.1 Å². The van der Waals surface area contributed by atoms with Crippen LogP contribution in [0.3, 0.4) is 0 Å². The number of carbonyl (C=O) groups excluding carboxylic acids is 1. The Bertz CT molecular complexity index is 1120. The average Bonchev–Trinajstić information content (AvgIpc) is 2.71. The Kier molecular flexibility index (Phi) is 7.19. The maximum Gasteiger partial charge on any atom is 0.282 e. The van der Waals surface area contributed by atoms with Crippen molar-refractivity contribution in [1.82, 2.24) is 4.90 Å². The van der Waals surface area contributed by atoms with E-state index in [2.05, 4.69) is 21.7 Å². The summed E-state index contributed by atoms with van der Waals surface area (Å²) < 4.78 is 29.8. The van der Waals surface area contributed by atoms with E-state index in [0.717, 1.165) is 25.9 Å². The maximum atomic E-state index is 12.8. The van der Waals surface area contributed by atoms with Crippen LogP contribution >= 0.6 is 11.6 Å². The van der Waals surface area contributed by atoms with Crippen LogP contribution in [0.15, 0.2) is 45.7 Å². The van der Waals surface area contributed by atoms with Gasteiger partial charge in [0.25, 0.3) is 15.9 Å². The van der Waals surface area contributed by atoms with Gasteiger partial charge >= 0.3 is 0 Å². The summed E-state index contributed by atoms with van der Waals surface area (Å²) in [5.41, 5.74) is 3.00. The summed E-state index contributed by atoms with van der Waals surface area (Å²) in [6, 6.07) is 9.77. The van der Waals surface area contributed by atoms with Gasteiger partial charge in [0.2, 0.25) is 0 Å². The molecule has 166 valence electrons. The highest BCUT2D eigenvalue weighted by atomic mass is 35.5. The Morgan fingerprint density at radius 3 is 2.48 bits per heavy atom. The van der Waals surface area contributed by atoms with Crippen LogP contribution in [0.2, 0.25) is 5.02 Å². The molecule has 3 rings (SSSR count). The third-order valence-corrected chi connectivity index (χ3v) is 7.62. The SMILES string of the molecule is C/C(=N/S(=O)(=O)c1ccc(NC(=O)c2cccc(Cl)c2C)c(C)c1)C1CCN(C)CC1. The molecule has 2 aromatic carbocycles. The highest BCUT2D eigenvalue weighted by molar-refractivity contribution is 7.90. The molecule has 0 aromatic heterocycles. The van der Waals surface area contributed by atoms with E-state index in [-0.39, 0.29) is 16.7 Å². The topological polar surface area (TPSA) is 78.8 Å². The average molecular weight is 462 g/mol. The fourth-order valence-electron chi connectivity index (χ4n) is 3.72. The van der Waals surface area contributed by atoms with Crippen molar-refractivity contribution in [2.45, 2.75) is 38.5 Å². The van der Waals surface area contributed by atoms with E-state index >= 15 is 0 Å². The molecule has 1 aliphatic rings. The number of benzene rings is 2. The Labute approximate surface area is 189 Å². The number of aryl methyl sites for hydroxylation is 1. The van der Waals surface area contributed by atoms with Gasteiger partial charge in [0.05, 0.1) is 4.90 Å². The van der Waals surface area contributed by atoms with Gasteiger partial charge in [-0.3, -0.25) is 4.79 Å². The number of sulfonamides is 1. The first-order chi connectivity index (χ1) is 14.6. The first-order valence-electron chi connectivity index (χ1n) is 10.3. The second-order valence-electron chi connectivity index (χ2n) is 8.13. The van der Waals surface area contributed by atoms with E-state index in [9.17, 15) is 13.2 Å². The molecule has 0 aliphatic carbocycles. The number of anilines is 1. The molecule has 8 heteroatoms. The van der Waals surface area contributed by atoms with Crippen LogP contribution in [-0.2, 0) is 10.0 Å². The second-order valence-corrected chi connectivity index (χ2v) is 10.1. The van der Waals surface area contributed by atoms with Crippen molar-refractivity contribution in [2.75, 3.05) is 25.5 Å². The zero-order valence-electron chi connectivity index (χ0n) is 18.3. The minimum Gasteiger partial charge on any atom is -0.322 e. The number of halogens is 1. The molecule has 1 saturated heterocycles. The lowest BCUT2D eigenvalue weighted by Crippen LogP contribution is -2.33. The highest BCUT2D eigenvalue weighted by Crippen LogP contribution is 2.25. The Morgan fingerprint density at radius 2 is 1.84 bits per heavy atom. The summed E-state index contributed by atoms with van der Waals surface area (Å²) in [4.78, 5) is 15.0. The first-order valence-corrected chi connectivity index (χ1v) is 12.1. The van der Waals surface area contributed by atoms with Crippen molar-refractivity contribution in [1.29, 1.82) is 0 Å². The van der Waals surface area contributed by atoms with Crippen molar-refractivity contribution in [2.24, 2.45) is 10.3 Å². The van der Waals surface area contributed by atoms with Crippen LogP contribution < -0.4 is 5.32 Å². The molecule has 31 heavy (non-hydrogen) atoms. The standard InChI is InChI=1S/C23H28ClN3O3S/c1-15-14-19(31(29,30)26-17(3)18-10-12-27(4)13-11-18)8-9-22(15)25-23(28)20-6-5-7-21(24)16(20)2/h5-9,14,18H,10-13H2,1-4H3,(H,25,28)/b26-17-. The lowest BCUT2D eigenvalue weighted by atomic mass is 9.93. The monoisotopic (exact) mass is 461 g/mol. The molecule has 1 N–H and O–H groups in total. The first kappa shape index (κ1) is 23.4. The number of piperidine rings is 1. The number of hydrogen-bond acceptors (Lipinski definition) is 4. The summed E-state index contributed by atoms with van der Waals surface area (Å²) in [6.45, 7) is 7.22. The van der Waals surface area contributed by atoms with Gasteiger partial charge in [-0.1, -0.05) is 17.7 Å². The molecule has 6 nitrogen and oxygen atoms in total. The zero-order valence-corrected chi connectivity index (χ0v) is 19.8. The van der Waals surface area contributed by atoms with Crippen LogP contribution in [0.1, 0.15) is 41.3 Å². The number of nitrogens with one attached hydrogen (secondary N) is 1. The summed E-state index contributed by atoms with van der Waals surface area (Å²) in [7, 11) is -1.74. The minimum absolute atomic E-state index is 0.120. The van der Waals surface area contributed by atoms with Crippen LogP contribution in [0.4, 0.5) is 5.69 Å². The Morgan fingerprint density at radius 1 is 1.16 bits per heavy atom. The molecule has 1 aliphatic heterocycles. The highest BCUT2D eigenvalue weighted by Gasteiger charge is 2.22. The van der Waals surface area contributed by atoms with Crippen molar-refractivity contribution in [3.05, 3.63) is 58.1 Å². The Hall–Kier alpha value is -2.22. The maximum absolute atomic E-state index is 12.8. The molecular weight excluding hydrogens is 434 g/mol. The lowest BCUT2D eigenvalue weighted by molar-refractivity contribution is 0.102. The molecule has 0 radical (unpaired) electrons. The van der Waals surface area contributed by atoms with Crippen molar-refractivity contribution in [3.63, 3.8) is 0 Å². The van der Waals surface area contributed by atoms with Crippen LogP contribution in [-0.4, -0.2) is 45.1 Å². The van der Waals surface area contributed by atoms with Crippen LogP contribution in [0, 0.1) is 19.8 Å². The van der Waals surface area contributed by atoms with Crippen molar-refractivity contribution in [3.8, 4) is 0 Å². The number of nitrogens with zero attached hydrogens (tertiary/aromatic N) is 2. The molecule has 1 amide bonds. The van der Waals surface area contributed by atoms with Gasteiger partial charge in [-0.05, 0) is 95.2 Å². The summed E-state index contributed by atoms with van der Waals surface area (Å²) in [5.74, 6) is -0.110. The third kappa shape index (κ3) is 5.53. The summed E-state index contributed by atoms with van der Waals surface area (Å²) >= 11 is 6.11. The molecule has 0 unspecified atom stereocenters. The van der Waals surface area contributed by atoms with Gasteiger partial charge in [0.1, 0.15) is 0 Å². The van der Waals surface area contributed by atoms with E-state index in [1.807, 2.05) is 0 Å². The fraction of sp³-hybridized carbons (Fsp3) is 0.391. The normalized spacial score (nSPS) is 16.4. The van der Waals surface area contributed by atoms with Gasteiger partial charge < -0.3 is 10.2 Å². The fourth-order valence-corrected chi connectivity index (χ4v) is 5.10. The van der Waals surface area contributed by atoms with Crippen molar-refractivity contribution < 1.29 is 13.2 Å². The van der Waals surface area contributed by atoms with E-state index < -0.39 is 10.0 Å². The number of carbonyl (C=O) groups is 1. The van der Waals surface area contributed by atoms with E-state index in [1.54, 1.807) is 51.1 Å². The number of hydrogen-bond donors (Lipinski definition) is 1. The van der Waals surface area contributed by atoms with Crippen LogP contribution in [0.5, 0.6) is 0 Å². The predicted octanol–water partition coefficient (Wildman–Crippen LogP) is 4.70. The largest absolute Gasteiger partial charge is 0.322 e. The molecular formula is C23H28ClN3O3S. The van der Waals surface area contributed by atoms with Crippen molar-refractivity contribution >= 4 is 38.9 Å². The predicted molar refractivity (Wildman–Crippen MR) is 126 cm³/mol. The van der Waals surface area contributed by atoms with Gasteiger partial charge in [0.15, 0.2) is 0 Å². The molecule has 1 fully saturated rings. The lowest BCUT2D eigenvalue weighted by Gasteiger charge is -2.28. The third-order valence-electron chi connectivity index (χ3n) is 5.83. The minimum atomic E-state index is -3.81. The molecule has 0 bridgehead atoms. The number of amides is 1. The van der Waals surface area contributed by atoms with E-state index in [4.69, 9.17) is 11.6 Å². The van der Waals surface area contributed by atoms with Gasteiger partial charge in [0, 0.05) is 27.9 Å². The number of likely N-dealkylation sites (tertiary alicyclic amines) is 1. The molecule has 0 spiro atoms. The quantitative estimate of drug-likeness (QED) is 0.654. The van der Waals surface area contributed by atoms with Gasteiger partial charge in [-0.2, -0.15) is 12.8 Å². The molecule has 0 saturated carbocycles. The summed E-state index contributed by atoms with van der Waals surface area (Å²) in [5, 5.41) is 3.35. The van der Waals surface area contributed by atoms with Crippen LogP contribution in [0.25, 0.3) is 0 Å².